The second-order valence-corrected chi connectivity index (χ2v) is 12.5. The molecule has 0 radical (unpaired) electrons. The van der Waals surface area contributed by atoms with Crippen molar-refractivity contribution in [2.75, 3.05) is 66.1 Å². The molecule has 0 spiro atoms. The van der Waals surface area contributed by atoms with Crippen LogP contribution in [0.3, 0.4) is 0 Å². The standard InChI is InChI=1S/C39H39N5O10/c45-35-7-6-34(37(46)43-35)44-38(47)29-5-3-27(22-30(29)39(44)48)53-19-17-51-15-13-49-11-12-50-14-16-52-18-20-54-36-8-2-26(23-41-36)25-1-4-28-31-24-40-10-9-32(31)42-33(28)21-25/h1-5,8-10,21-24,34,42H,6-7,11-20H2,(H,43,45,46). The summed E-state index contributed by atoms with van der Waals surface area (Å²) in [5.41, 5.74) is 4.51. The number of imide groups is 2. The summed E-state index contributed by atoms with van der Waals surface area (Å²) in [7, 11) is 0. The number of nitrogens with one attached hydrogen (secondary N) is 2. The zero-order valence-corrected chi connectivity index (χ0v) is 29.4. The largest absolute Gasteiger partial charge is 0.491 e. The van der Waals surface area contributed by atoms with E-state index in [0.29, 0.717) is 64.5 Å². The van der Waals surface area contributed by atoms with Gasteiger partial charge in [-0.05, 0) is 48.4 Å². The first-order valence-electron chi connectivity index (χ1n) is 17.7. The van der Waals surface area contributed by atoms with Gasteiger partial charge in [0.25, 0.3) is 11.8 Å². The van der Waals surface area contributed by atoms with E-state index in [1.54, 1.807) is 18.5 Å². The van der Waals surface area contributed by atoms with E-state index in [4.69, 9.17) is 28.4 Å². The fourth-order valence-electron chi connectivity index (χ4n) is 6.29. The molecule has 4 amide bonds. The highest BCUT2D eigenvalue weighted by atomic mass is 16.6. The average molecular weight is 738 g/mol. The number of rotatable bonds is 19. The number of hydrogen-bond acceptors (Lipinski definition) is 12. The number of benzene rings is 2. The Morgan fingerprint density at radius 2 is 1.33 bits per heavy atom. The van der Waals surface area contributed by atoms with E-state index < -0.39 is 29.7 Å². The molecule has 2 aliphatic rings. The van der Waals surface area contributed by atoms with Gasteiger partial charge in [0.1, 0.15) is 25.0 Å². The van der Waals surface area contributed by atoms with Crippen LogP contribution >= 0.6 is 0 Å². The minimum absolute atomic E-state index is 0.0616. The number of nitrogens with zero attached hydrogens (tertiary/aromatic N) is 3. The Balaban J connectivity index is 0.687. The van der Waals surface area contributed by atoms with Crippen LogP contribution < -0.4 is 14.8 Å². The van der Waals surface area contributed by atoms with Crippen LogP contribution in [0.1, 0.15) is 33.6 Å². The van der Waals surface area contributed by atoms with Crippen molar-refractivity contribution in [3.8, 4) is 22.8 Å². The molecule has 1 atom stereocenters. The summed E-state index contributed by atoms with van der Waals surface area (Å²) >= 11 is 0. The first kappa shape index (κ1) is 36.6. The Bertz CT molecular complexity index is 2140. The molecule has 2 aliphatic heterocycles. The lowest BCUT2D eigenvalue weighted by Crippen LogP contribution is -2.54. The predicted molar refractivity (Wildman–Crippen MR) is 194 cm³/mol. The van der Waals surface area contributed by atoms with E-state index in [9.17, 15) is 19.2 Å². The Morgan fingerprint density at radius 3 is 2.04 bits per heavy atom. The van der Waals surface area contributed by atoms with E-state index >= 15 is 0 Å². The van der Waals surface area contributed by atoms with Crippen LogP contribution in [0.2, 0.25) is 0 Å². The molecule has 15 nitrogen and oxygen atoms in total. The van der Waals surface area contributed by atoms with Crippen molar-refractivity contribution in [3.63, 3.8) is 0 Å². The fourth-order valence-corrected chi connectivity index (χ4v) is 6.29. The van der Waals surface area contributed by atoms with Crippen molar-refractivity contribution >= 4 is 45.4 Å². The molecule has 7 rings (SSSR count). The molecule has 1 unspecified atom stereocenters. The summed E-state index contributed by atoms with van der Waals surface area (Å²) in [5, 5.41) is 4.42. The topological polar surface area (TPSA) is 180 Å². The van der Waals surface area contributed by atoms with E-state index in [0.717, 1.165) is 37.8 Å². The molecule has 280 valence electrons. The molecule has 15 heteroatoms. The highest BCUT2D eigenvalue weighted by Gasteiger charge is 2.44. The van der Waals surface area contributed by atoms with E-state index in [1.807, 2.05) is 24.4 Å². The van der Waals surface area contributed by atoms with Gasteiger partial charge in [0.2, 0.25) is 17.7 Å². The van der Waals surface area contributed by atoms with Crippen LogP contribution in [0.25, 0.3) is 32.9 Å². The summed E-state index contributed by atoms with van der Waals surface area (Å²) in [6, 6.07) is 15.7. The minimum atomic E-state index is -1.01. The Morgan fingerprint density at radius 1 is 0.648 bits per heavy atom. The molecule has 0 bridgehead atoms. The molecule has 1 saturated heterocycles. The quantitative estimate of drug-likeness (QED) is 0.0929. The lowest BCUT2D eigenvalue weighted by atomic mass is 10.0. The third kappa shape index (κ3) is 8.55. The van der Waals surface area contributed by atoms with Crippen molar-refractivity contribution in [3.05, 3.63) is 84.3 Å². The summed E-state index contributed by atoms with van der Waals surface area (Å²) in [5.74, 6) is -1.30. The second-order valence-electron chi connectivity index (χ2n) is 12.5. The lowest BCUT2D eigenvalue weighted by molar-refractivity contribution is -0.136. The monoisotopic (exact) mass is 737 g/mol. The van der Waals surface area contributed by atoms with Crippen molar-refractivity contribution in [1.29, 1.82) is 0 Å². The van der Waals surface area contributed by atoms with Gasteiger partial charge < -0.3 is 33.4 Å². The first-order valence-corrected chi connectivity index (χ1v) is 17.7. The van der Waals surface area contributed by atoms with E-state index in [-0.39, 0.29) is 37.2 Å². The number of H-pyrrole nitrogens is 1. The van der Waals surface area contributed by atoms with Crippen LogP contribution in [0.15, 0.2) is 73.2 Å². The number of hydrogen-bond donors (Lipinski definition) is 2. The Kier molecular flexibility index (Phi) is 11.8. The third-order valence-electron chi connectivity index (χ3n) is 8.97. The molecule has 1 fully saturated rings. The molecule has 54 heavy (non-hydrogen) atoms. The van der Waals surface area contributed by atoms with E-state index in [2.05, 4.69) is 38.5 Å². The molecule has 5 heterocycles. The summed E-state index contributed by atoms with van der Waals surface area (Å²) < 4.78 is 33.6. The van der Waals surface area contributed by atoms with Gasteiger partial charge in [-0.1, -0.05) is 12.1 Å². The molecule has 0 aliphatic carbocycles. The Hall–Kier alpha value is -5.74. The van der Waals surface area contributed by atoms with Crippen LogP contribution in [-0.2, 0) is 28.5 Å². The van der Waals surface area contributed by atoms with Crippen LogP contribution in [0.5, 0.6) is 11.6 Å². The number of fused-ring (bicyclic) bond motifs is 4. The number of carbonyl (C=O) groups is 4. The number of aromatic amines is 1. The van der Waals surface area contributed by atoms with Crippen molar-refractivity contribution < 1.29 is 47.6 Å². The molecular formula is C39H39N5O10. The zero-order chi connectivity index (χ0) is 37.3. The van der Waals surface area contributed by atoms with Crippen molar-refractivity contribution in [2.24, 2.45) is 0 Å². The fraction of sp³-hybridized carbons (Fsp3) is 0.333. The van der Waals surface area contributed by atoms with Gasteiger partial charge in [-0.2, -0.15) is 0 Å². The number of pyridine rings is 2. The van der Waals surface area contributed by atoms with E-state index in [1.165, 1.54) is 12.1 Å². The summed E-state index contributed by atoms with van der Waals surface area (Å²) in [6.45, 7) is 3.72. The maximum Gasteiger partial charge on any atom is 0.262 e. The molecule has 3 aromatic heterocycles. The van der Waals surface area contributed by atoms with Gasteiger partial charge in [-0.25, -0.2) is 4.98 Å². The molecular weight excluding hydrogens is 698 g/mol. The van der Waals surface area contributed by atoms with Crippen LogP contribution in [0.4, 0.5) is 0 Å². The molecule has 2 N–H and O–H groups in total. The molecule has 2 aromatic carbocycles. The number of piperidine rings is 1. The van der Waals surface area contributed by atoms with Gasteiger partial charge in [-0.15, -0.1) is 0 Å². The van der Waals surface area contributed by atoms with Gasteiger partial charge >= 0.3 is 0 Å². The summed E-state index contributed by atoms with van der Waals surface area (Å²) in [4.78, 5) is 62.5. The highest BCUT2D eigenvalue weighted by Crippen LogP contribution is 2.31. The normalized spacial score (nSPS) is 15.6. The van der Waals surface area contributed by atoms with Crippen molar-refractivity contribution in [2.45, 2.75) is 18.9 Å². The average Bonchev–Trinajstić information content (AvgIpc) is 3.68. The van der Waals surface area contributed by atoms with Gasteiger partial charge in [0.05, 0.1) is 64.0 Å². The van der Waals surface area contributed by atoms with Crippen LogP contribution in [-0.4, -0.2) is 116 Å². The lowest BCUT2D eigenvalue weighted by Gasteiger charge is -2.27. The maximum atomic E-state index is 12.9. The Labute approximate surface area is 309 Å². The highest BCUT2D eigenvalue weighted by molar-refractivity contribution is 6.23. The number of aromatic nitrogens is 3. The van der Waals surface area contributed by atoms with Crippen LogP contribution in [0, 0.1) is 0 Å². The predicted octanol–water partition coefficient (Wildman–Crippen LogP) is 3.70. The van der Waals surface area contributed by atoms with Crippen molar-refractivity contribution in [1.82, 2.24) is 25.2 Å². The first-order chi connectivity index (χ1) is 26.5. The zero-order valence-electron chi connectivity index (χ0n) is 29.4. The number of amides is 4. The molecule has 5 aromatic rings. The second kappa shape index (κ2) is 17.4. The minimum Gasteiger partial charge on any atom is -0.491 e. The maximum absolute atomic E-state index is 12.9. The smallest absolute Gasteiger partial charge is 0.262 e. The van der Waals surface area contributed by atoms with Gasteiger partial charge in [0, 0.05) is 58.4 Å². The third-order valence-corrected chi connectivity index (χ3v) is 8.97. The number of carbonyl (C=O) groups excluding carboxylic acids is 4. The van der Waals surface area contributed by atoms with Gasteiger partial charge in [0.15, 0.2) is 0 Å². The summed E-state index contributed by atoms with van der Waals surface area (Å²) in [6.07, 6.45) is 5.61. The van der Waals surface area contributed by atoms with Gasteiger partial charge in [-0.3, -0.25) is 34.4 Å². The SMILES string of the molecule is O=C1CCC(N2C(=O)c3ccc(OCCOCCOCCOCCOCCOc4ccc(-c5ccc6c(c5)[nH]c5ccncc56)cn4)cc3C2=O)C(=O)N1. The number of ether oxygens (including phenoxy) is 6. The molecule has 0 saturated carbocycles.